The Labute approximate surface area is 128 Å². The van der Waals surface area contributed by atoms with E-state index >= 15 is 0 Å². The summed E-state index contributed by atoms with van der Waals surface area (Å²) in [7, 11) is 1.92. The Hall–Kier alpha value is -1.14. The van der Waals surface area contributed by atoms with E-state index in [9.17, 15) is 0 Å². The number of aryl methyl sites for hydroxylation is 4. The van der Waals surface area contributed by atoms with Crippen LogP contribution in [0.3, 0.4) is 0 Å². The van der Waals surface area contributed by atoms with Crippen molar-refractivity contribution in [2.45, 2.75) is 46.2 Å². The smallest absolute Gasteiger partial charge is 0.0766 e. The van der Waals surface area contributed by atoms with Gasteiger partial charge in [0.25, 0.3) is 0 Å². The van der Waals surface area contributed by atoms with Crippen molar-refractivity contribution in [3.8, 4) is 0 Å². The number of nitrogens with zero attached hydrogens (tertiary/aromatic N) is 4. The average molecular weight is 340 g/mol. The first kappa shape index (κ1) is 15.3. The van der Waals surface area contributed by atoms with Gasteiger partial charge in [0.2, 0.25) is 0 Å². The average Bonchev–Trinajstić information content (AvgIpc) is 2.90. The first-order chi connectivity index (χ1) is 9.47. The maximum absolute atomic E-state index is 6.37. The van der Waals surface area contributed by atoms with Crippen molar-refractivity contribution in [2.24, 2.45) is 12.8 Å². The van der Waals surface area contributed by atoms with E-state index < -0.39 is 0 Å². The third-order valence-corrected chi connectivity index (χ3v) is 4.47. The second-order valence-electron chi connectivity index (χ2n) is 5.03. The van der Waals surface area contributed by atoms with Gasteiger partial charge in [-0.2, -0.15) is 10.2 Å². The van der Waals surface area contributed by atoms with E-state index in [0.29, 0.717) is 0 Å². The van der Waals surface area contributed by atoms with Crippen LogP contribution in [0.2, 0.25) is 0 Å². The predicted octanol–water partition coefficient (Wildman–Crippen LogP) is 2.51. The highest BCUT2D eigenvalue weighted by atomic mass is 79.9. The number of nitrogens with two attached hydrogens (primary N) is 1. The Bertz CT molecular complexity index is 599. The van der Waals surface area contributed by atoms with Crippen LogP contribution < -0.4 is 5.73 Å². The topological polar surface area (TPSA) is 61.7 Å². The summed E-state index contributed by atoms with van der Waals surface area (Å²) in [6, 6.07) is -0.0632. The minimum absolute atomic E-state index is 0.0632. The summed E-state index contributed by atoms with van der Waals surface area (Å²) >= 11 is 3.67. The highest BCUT2D eigenvalue weighted by molar-refractivity contribution is 9.10. The molecule has 1 atom stereocenters. The molecule has 0 amide bonds. The molecule has 0 spiro atoms. The zero-order chi connectivity index (χ0) is 14.9. The molecule has 1 unspecified atom stereocenters. The van der Waals surface area contributed by atoms with E-state index in [1.54, 1.807) is 0 Å². The van der Waals surface area contributed by atoms with E-state index in [1.165, 1.54) is 5.69 Å². The van der Waals surface area contributed by atoms with Crippen molar-refractivity contribution >= 4 is 15.9 Å². The van der Waals surface area contributed by atoms with E-state index in [2.05, 4.69) is 40.0 Å². The minimum atomic E-state index is -0.0632. The molecule has 2 heterocycles. The molecule has 110 valence electrons. The second kappa shape index (κ2) is 6.10. The molecule has 0 saturated carbocycles. The molecule has 2 rings (SSSR count). The zero-order valence-corrected chi connectivity index (χ0v) is 14.1. The van der Waals surface area contributed by atoms with Gasteiger partial charge in [-0.25, -0.2) is 0 Å². The Morgan fingerprint density at radius 3 is 2.55 bits per heavy atom. The van der Waals surface area contributed by atoms with Crippen LogP contribution in [0.1, 0.15) is 42.5 Å². The molecule has 2 aromatic rings. The second-order valence-corrected chi connectivity index (χ2v) is 5.82. The van der Waals surface area contributed by atoms with Gasteiger partial charge in [0.05, 0.1) is 21.6 Å². The Kier molecular flexibility index (Phi) is 4.65. The SMILES string of the molecule is CCc1nn(CC)c(CC(N)c2cn(C)nc2C)c1Br. The number of halogens is 1. The van der Waals surface area contributed by atoms with Gasteiger partial charge in [0, 0.05) is 37.8 Å². The summed E-state index contributed by atoms with van der Waals surface area (Å²) in [5.41, 5.74) is 10.7. The van der Waals surface area contributed by atoms with Crippen LogP contribution in [0.5, 0.6) is 0 Å². The van der Waals surface area contributed by atoms with Crippen molar-refractivity contribution in [3.05, 3.63) is 33.3 Å². The first-order valence-electron chi connectivity index (χ1n) is 6.97. The van der Waals surface area contributed by atoms with E-state index in [-0.39, 0.29) is 6.04 Å². The molecule has 0 saturated heterocycles. The fourth-order valence-electron chi connectivity index (χ4n) is 2.51. The largest absolute Gasteiger partial charge is 0.324 e. The lowest BCUT2D eigenvalue weighted by molar-refractivity contribution is 0.583. The van der Waals surface area contributed by atoms with Crippen LogP contribution in [-0.4, -0.2) is 19.6 Å². The van der Waals surface area contributed by atoms with Crippen molar-refractivity contribution in [3.63, 3.8) is 0 Å². The van der Waals surface area contributed by atoms with Crippen LogP contribution in [0.4, 0.5) is 0 Å². The standard InChI is InChI=1S/C14H22BrN5/c1-5-12-14(15)13(20(6-2)18-12)7-11(16)10-8-19(4)17-9(10)3/h8,11H,5-7,16H2,1-4H3. The molecule has 0 aliphatic carbocycles. The van der Waals surface area contributed by atoms with Gasteiger partial charge in [-0.05, 0) is 36.2 Å². The maximum Gasteiger partial charge on any atom is 0.0766 e. The van der Waals surface area contributed by atoms with Crippen molar-refractivity contribution in [2.75, 3.05) is 0 Å². The molecule has 0 fully saturated rings. The van der Waals surface area contributed by atoms with Gasteiger partial charge < -0.3 is 5.73 Å². The molecule has 0 aromatic carbocycles. The Balaban J connectivity index is 2.29. The van der Waals surface area contributed by atoms with Gasteiger partial charge in [0.1, 0.15) is 0 Å². The van der Waals surface area contributed by atoms with Crippen LogP contribution in [0.15, 0.2) is 10.7 Å². The van der Waals surface area contributed by atoms with Gasteiger partial charge in [-0.3, -0.25) is 9.36 Å². The molecular formula is C14H22BrN5. The molecule has 0 radical (unpaired) electrons. The van der Waals surface area contributed by atoms with Gasteiger partial charge >= 0.3 is 0 Å². The zero-order valence-electron chi connectivity index (χ0n) is 12.5. The van der Waals surface area contributed by atoms with Crippen LogP contribution in [0.25, 0.3) is 0 Å². The van der Waals surface area contributed by atoms with Crippen molar-refractivity contribution in [1.82, 2.24) is 19.6 Å². The molecule has 5 nitrogen and oxygen atoms in total. The molecule has 20 heavy (non-hydrogen) atoms. The highest BCUT2D eigenvalue weighted by Crippen LogP contribution is 2.27. The predicted molar refractivity (Wildman–Crippen MR) is 83.6 cm³/mol. The number of hydrogen-bond acceptors (Lipinski definition) is 3. The van der Waals surface area contributed by atoms with E-state index in [4.69, 9.17) is 5.73 Å². The lowest BCUT2D eigenvalue weighted by Crippen LogP contribution is -2.17. The van der Waals surface area contributed by atoms with Gasteiger partial charge in [-0.1, -0.05) is 6.92 Å². The summed E-state index contributed by atoms with van der Waals surface area (Å²) in [5.74, 6) is 0. The fourth-order valence-corrected chi connectivity index (χ4v) is 3.24. The highest BCUT2D eigenvalue weighted by Gasteiger charge is 2.19. The van der Waals surface area contributed by atoms with Crippen molar-refractivity contribution < 1.29 is 0 Å². The summed E-state index contributed by atoms with van der Waals surface area (Å²) in [5, 5.41) is 8.98. The van der Waals surface area contributed by atoms with E-state index in [0.717, 1.165) is 40.8 Å². The van der Waals surface area contributed by atoms with Gasteiger partial charge in [0.15, 0.2) is 0 Å². The normalized spacial score (nSPS) is 12.9. The van der Waals surface area contributed by atoms with Crippen LogP contribution >= 0.6 is 15.9 Å². The molecule has 0 bridgehead atoms. The number of rotatable bonds is 5. The first-order valence-corrected chi connectivity index (χ1v) is 7.76. The maximum atomic E-state index is 6.37. The molecule has 2 N–H and O–H groups in total. The van der Waals surface area contributed by atoms with Crippen LogP contribution in [0, 0.1) is 6.92 Å². The fraction of sp³-hybridized carbons (Fsp3) is 0.571. The third kappa shape index (κ3) is 2.81. The molecular weight excluding hydrogens is 318 g/mol. The van der Waals surface area contributed by atoms with E-state index in [1.807, 2.05) is 29.5 Å². The number of hydrogen-bond donors (Lipinski definition) is 1. The summed E-state index contributed by atoms with van der Waals surface area (Å²) in [4.78, 5) is 0. The lowest BCUT2D eigenvalue weighted by Gasteiger charge is -2.12. The molecule has 0 aliphatic heterocycles. The third-order valence-electron chi connectivity index (χ3n) is 3.56. The number of aromatic nitrogens is 4. The van der Waals surface area contributed by atoms with Gasteiger partial charge in [-0.15, -0.1) is 0 Å². The monoisotopic (exact) mass is 339 g/mol. The Morgan fingerprint density at radius 1 is 1.35 bits per heavy atom. The lowest BCUT2D eigenvalue weighted by atomic mass is 10.0. The van der Waals surface area contributed by atoms with Crippen LogP contribution in [-0.2, 0) is 26.4 Å². The molecule has 0 aliphatic rings. The summed E-state index contributed by atoms with van der Waals surface area (Å²) < 4.78 is 4.95. The quantitative estimate of drug-likeness (QED) is 0.910. The molecule has 2 aromatic heterocycles. The Morgan fingerprint density at radius 2 is 2.05 bits per heavy atom. The minimum Gasteiger partial charge on any atom is -0.324 e. The van der Waals surface area contributed by atoms with Crippen molar-refractivity contribution in [1.29, 1.82) is 0 Å². The summed E-state index contributed by atoms with van der Waals surface area (Å²) in [6.45, 7) is 7.07. The molecule has 6 heteroatoms. The summed E-state index contributed by atoms with van der Waals surface area (Å²) in [6.07, 6.45) is 3.68.